The minimum Gasteiger partial charge on any atom is -0.437 e. The lowest BCUT2D eigenvalue weighted by atomic mass is 10.0. The topological polar surface area (TPSA) is 43.9 Å². The second kappa shape index (κ2) is 6.76. The summed E-state index contributed by atoms with van der Waals surface area (Å²) in [5, 5.41) is 1.74. The molecule has 0 aliphatic carbocycles. The van der Waals surface area contributed by atoms with Gasteiger partial charge < -0.3 is 4.42 Å². The smallest absolute Gasteiger partial charge is 0.229 e. The summed E-state index contributed by atoms with van der Waals surface area (Å²) < 4.78 is 22.1. The number of pyridine rings is 1. The van der Waals surface area contributed by atoms with Gasteiger partial charge in [0.05, 0.1) is 16.6 Å². The lowest BCUT2D eigenvalue weighted by Gasteiger charge is -2.12. The van der Waals surface area contributed by atoms with Gasteiger partial charge in [-0.05, 0) is 79.9 Å². The first kappa shape index (κ1) is 18.8. The number of aromatic nitrogens is 3. The number of halogens is 1. The maximum absolute atomic E-state index is 13.8. The summed E-state index contributed by atoms with van der Waals surface area (Å²) in [6.45, 7) is 6.22. The van der Waals surface area contributed by atoms with Crippen molar-refractivity contribution >= 4 is 33.1 Å². The van der Waals surface area contributed by atoms with Crippen molar-refractivity contribution in [3.63, 3.8) is 0 Å². The van der Waals surface area contributed by atoms with Crippen LogP contribution in [0.3, 0.4) is 0 Å². The van der Waals surface area contributed by atoms with Gasteiger partial charge in [-0.3, -0.25) is 4.57 Å². The van der Waals surface area contributed by atoms with Crippen LogP contribution in [0.25, 0.3) is 50.2 Å². The fraction of sp³-hybridized carbons (Fsp3) is 0.111. The van der Waals surface area contributed by atoms with Crippen LogP contribution in [0, 0.1) is 26.7 Å². The van der Waals surface area contributed by atoms with E-state index in [1.807, 2.05) is 31.2 Å². The fourth-order valence-corrected chi connectivity index (χ4v) is 4.63. The largest absolute Gasteiger partial charge is 0.437 e. The van der Waals surface area contributed by atoms with Crippen LogP contribution in [-0.4, -0.2) is 14.5 Å². The van der Waals surface area contributed by atoms with Gasteiger partial charge in [0.25, 0.3) is 0 Å². The number of aryl methyl sites for hydroxylation is 3. The highest BCUT2D eigenvalue weighted by molar-refractivity contribution is 6.10. The van der Waals surface area contributed by atoms with E-state index in [4.69, 9.17) is 9.40 Å². The first-order chi connectivity index (χ1) is 15.5. The number of rotatable bonds is 2. The molecule has 0 spiro atoms. The summed E-state index contributed by atoms with van der Waals surface area (Å²) in [7, 11) is 0. The van der Waals surface area contributed by atoms with Crippen LogP contribution in [0.2, 0.25) is 0 Å². The molecule has 3 aromatic heterocycles. The molecule has 4 nitrogen and oxygen atoms in total. The number of hydrogen-bond donors (Lipinski definition) is 0. The predicted molar refractivity (Wildman–Crippen MR) is 126 cm³/mol. The van der Waals surface area contributed by atoms with Crippen molar-refractivity contribution in [2.24, 2.45) is 0 Å². The normalized spacial score (nSPS) is 11.8. The molecule has 5 heteroatoms. The molecular formula is C27H20FN3O. The summed E-state index contributed by atoms with van der Waals surface area (Å²) in [6, 6.07) is 21.8. The summed E-state index contributed by atoms with van der Waals surface area (Å²) in [5.74, 6) is 0.221. The quantitative estimate of drug-likeness (QED) is 0.281. The molecule has 0 aliphatic rings. The predicted octanol–water partition coefficient (Wildman–Crippen LogP) is 7.05. The average molecular weight is 421 g/mol. The number of benzene rings is 3. The molecule has 0 amide bonds. The Hall–Kier alpha value is -3.99. The molecule has 0 unspecified atom stereocenters. The van der Waals surface area contributed by atoms with E-state index in [0.717, 1.165) is 44.4 Å². The molecular weight excluding hydrogens is 401 g/mol. The van der Waals surface area contributed by atoms with E-state index in [2.05, 4.69) is 53.7 Å². The Bertz CT molecular complexity index is 1660. The molecule has 6 rings (SSSR count). The van der Waals surface area contributed by atoms with E-state index in [9.17, 15) is 4.39 Å². The van der Waals surface area contributed by atoms with Crippen LogP contribution in [0.4, 0.5) is 4.39 Å². The second-order valence-electron chi connectivity index (χ2n) is 8.33. The Morgan fingerprint density at radius 3 is 2.44 bits per heavy atom. The van der Waals surface area contributed by atoms with E-state index < -0.39 is 5.95 Å². The van der Waals surface area contributed by atoms with Gasteiger partial charge in [-0.25, -0.2) is 4.98 Å². The highest BCUT2D eigenvalue weighted by atomic mass is 19.1. The SMILES string of the molecule is Cc1cc(C)cc(-n2c(-c3ccc(C)c4c3oc3nc(F)ccc34)nc3ccccc32)c1. The van der Waals surface area contributed by atoms with Gasteiger partial charge in [-0.1, -0.05) is 24.3 Å². The van der Waals surface area contributed by atoms with Gasteiger partial charge >= 0.3 is 0 Å². The van der Waals surface area contributed by atoms with Crippen LogP contribution < -0.4 is 0 Å². The van der Waals surface area contributed by atoms with Crippen LogP contribution in [-0.2, 0) is 0 Å². The molecule has 32 heavy (non-hydrogen) atoms. The summed E-state index contributed by atoms with van der Waals surface area (Å²) >= 11 is 0. The van der Waals surface area contributed by atoms with Crippen LogP contribution in [0.5, 0.6) is 0 Å². The fourth-order valence-electron chi connectivity index (χ4n) is 4.63. The van der Waals surface area contributed by atoms with Crippen molar-refractivity contribution in [1.82, 2.24) is 14.5 Å². The van der Waals surface area contributed by atoms with Crippen LogP contribution in [0.1, 0.15) is 16.7 Å². The maximum atomic E-state index is 13.8. The van der Waals surface area contributed by atoms with Crippen molar-refractivity contribution in [3.8, 4) is 17.1 Å². The molecule has 0 bridgehead atoms. The van der Waals surface area contributed by atoms with Gasteiger partial charge in [-0.2, -0.15) is 9.37 Å². The Morgan fingerprint density at radius 1 is 0.844 bits per heavy atom. The monoisotopic (exact) mass is 421 g/mol. The number of furan rings is 1. The van der Waals surface area contributed by atoms with E-state index in [1.165, 1.54) is 17.2 Å². The van der Waals surface area contributed by atoms with Crippen molar-refractivity contribution < 1.29 is 8.81 Å². The zero-order chi connectivity index (χ0) is 22.0. The van der Waals surface area contributed by atoms with Crippen molar-refractivity contribution in [3.05, 3.63) is 89.4 Å². The van der Waals surface area contributed by atoms with E-state index in [1.54, 1.807) is 6.07 Å². The maximum Gasteiger partial charge on any atom is 0.229 e. The number of para-hydroxylation sites is 2. The summed E-state index contributed by atoms with van der Waals surface area (Å²) in [6.07, 6.45) is 0. The Kier molecular flexibility index (Phi) is 3.96. The third-order valence-corrected chi connectivity index (χ3v) is 5.93. The molecule has 0 saturated carbocycles. The van der Waals surface area contributed by atoms with Crippen molar-refractivity contribution in [1.29, 1.82) is 0 Å². The van der Waals surface area contributed by atoms with E-state index in [0.29, 0.717) is 11.3 Å². The molecule has 0 saturated heterocycles. The molecule has 0 fully saturated rings. The van der Waals surface area contributed by atoms with Gasteiger partial charge in [-0.15, -0.1) is 0 Å². The van der Waals surface area contributed by atoms with Gasteiger partial charge in [0.15, 0.2) is 0 Å². The average Bonchev–Trinajstić information content (AvgIpc) is 3.32. The highest BCUT2D eigenvalue weighted by Crippen LogP contribution is 2.39. The van der Waals surface area contributed by atoms with Crippen LogP contribution >= 0.6 is 0 Å². The number of hydrogen-bond acceptors (Lipinski definition) is 3. The zero-order valence-electron chi connectivity index (χ0n) is 18.0. The molecule has 3 aromatic carbocycles. The number of imidazole rings is 1. The highest BCUT2D eigenvalue weighted by Gasteiger charge is 2.21. The third kappa shape index (κ3) is 2.74. The molecule has 0 aliphatic heterocycles. The number of fused-ring (bicyclic) bond motifs is 4. The minimum atomic E-state index is -0.557. The van der Waals surface area contributed by atoms with Gasteiger partial charge in [0.1, 0.15) is 11.4 Å². The van der Waals surface area contributed by atoms with Crippen molar-refractivity contribution in [2.75, 3.05) is 0 Å². The molecule has 3 heterocycles. The standard InChI is InChI=1S/C27H20FN3O/c1-15-12-16(2)14-18(13-15)31-22-7-5-4-6-21(22)29-26(31)20-9-8-17(3)24-19-10-11-23(28)30-27(19)32-25(20)24/h4-14H,1-3H3. The second-order valence-corrected chi connectivity index (χ2v) is 8.33. The first-order valence-corrected chi connectivity index (χ1v) is 10.5. The Labute approximate surface area is 184 Å². The molecule has 6 aromatic rings. The number of nitrogens with zero attached hydrogens (tertiary/aromatic N) is 3. The van der Waals surface area contributed by atoms with Gasteiger partial charge in [0.2, 0.25) is 11.7 Å². The molecule has 0 radical (unpaired) electrons. The third-order valence-electron chi connectivity index (χ3n) is 5.93. The summed E-state index contributed by atoms with van der Waals surface area (Å²) in [5.41, 5.74) is 8.17. The lowest BCUT2D eigenvalue weighted by Crippen LogP contribution is -1.99. The lowest BCUT2D eigenvalue weighted by molar-refractivity contribution is 0.569. The zero-order valence-corrected chi connectivity index (χ0v) is 18.0. The molecule has 0 atom stereocenters. The van der Waals surface area contributed by atoms with Gasteiger partial charge in [0, 0.05) is 16.5 Å². The first-order valence-electron chi connectivity index (χ1n) is 10.5. The van der Waals surface area contributed by atoms with Crippen molar-refractivity contribution in [2.45, 2.75) is 20.8 Å². The molecule has 156 valence electrons. The summed E-state index contributed by atoms with van der Waals surface area (Å²) in [4.78, 5) is 8.97. The van der Waals surface area contributed by atoms with Crippen LogP contribution in [0.15, 0.2) is 71.1 Å². The Morgan fingerprint density at radius 2 is 1.62 bits per heavy atom. The Balaban J connectivity index is 1.75. The minimum absolute atomic E-state index is 0.296. The van der Waals surface area contributed by atoms with E-state index in [-0.39, 0.29) is 0 Å². The van der Waals surface area contributed by atoms with E-state index >= 15 is 0 Å². The molecule has 0 N–H and O–H groups in total.